The molecule has 1 saturated carbocycles. The first-order chi connectivity index (χ1) is 9.63. The van der Waals surface area contributed by atoms with Crippen LogP contribution in [0.15, 0.2) is 18.2 Å². The van der Waals surface area contributed by atoms with Crippen LogP contribution in [0.1, 0.15) is 66.9 Å². The van der Waals surface area contributed by atoms with E-state index in [1.165, 1.54) is 12.8 Å². The van der Waals surface area contributed by atoms with E-state index in [1.807, 2.05) is 25.1 Å². The molecule has 3 heteroatoms. The number of ether oxygens (including phenoxy) is 1. The third-order valence-electron chi connectivity index (χ3n) is 4.31. The Bertz CT molecular complexity index is 459. The van der Waals surface area contributed by atoms with Crippen LogP contribution in [0.25, 0.3) is 0 Å². The Morgan fingerprint density at radius 1 is 1.30 bits per heavy atom. The molecule has 0 radical (unpaired) electrons. The minimum atomic E-state index is -0.825. The van der Waals surface area contributed by atoms with Gasteiger partial charge in [-0.25, -0.2) is 4.79 Å². The first kappa shape index (κ1) is 15.0. The van der Waals surface area contributed by atoms with Gasteiger partial charge in [-0.2, -0.15) is 0 Å². The number of rotatable bonds is 5. The Morgan fingerprint density at radius 3 is 2.60 bits per heavy atom. The van der Waals surface area contributed by atoms with Gasteiger partial charge in [0, 0.05) is 6.61 Å². The number of aromatic carboxylic acids is 1. The van der Waals surface area contributed by atoms with Crippen LogP contribution < -0.4 is 0 Å². The molecule has 0 atom stereocenters. The van der Waals surface area contributed by atoms with E-state index in [4.69, 9.17) is 4.74 Å². The average molecular weight is 276 g/mol. The zero-order chi connectivity index (χ0) is 14.5. The van der Waals surface area contributed by atoms with Crippen LogP contribution in [-0.4, -0.2) is 17.7 Å². The molecule has 1 fully saturated rings. The van der Waals surface area contributed by atoms with Crippen molar-refractivity contribution >= 4 is 5.97 Å². The zero-order valence-electron chi connectivity index (χ0n) is 12.4. The van der Waals surface area contributed by atoms with Gasteiger partial charge in [0.05, 0.1) is 12.2 Å². The van der Waals surface area contributed by atoms with Crippen LogP contribution in [-0.2, 0) is 11.3 Å². The molecule has 2 rings (SSSR count). The first-order valence-electron chi connectivity index (χ1n) is 7.56. The molecule has 0 aromatic heterocycles. The molecule has 1 aliphatic rings. The van der Waals surface area contributed by atoms with Crippen molar-refractivity contribution in [3.63, 3.8) is 0 Å². The van der Waals surface area contributed by atoms with Crippen LogP contribution in [0.5, 0.6) is 0 Å². The minimum absolute atomic E-state index is 0.384. The van der Waals surface area contributed by atoms with E-state index in [0.717, 1.165) is 29.9 Å². The highest BCUT2D eigenvalue weighted by atomic mass is 16.5. The summed E-state index contributed by atoms with van der Waals surface area (Å²) < 4.78 is 5.41. The Labute approximate surface area is 121 Å². The van der Waals surface area contributed by atoms with Gasteiger partial charge in [-0.15, -0.1) is 0 Å². The lowest BCUT2D eigenvalue weighted by atomic mass is 9.77. The Morgan fingerprint density at radius 2 is 2.00 bits per heavy atom. The molecule has 0 aliphatic heterocycles. The van der Waals surface area contributed by atoms with E-state index in [0.29, 0.717) is 24.7 Å². The Hall–Kier alpha value is -1.35. The number of carboxylic acids is 1. The summed E-state index contributed by atoms with van der Waals surface area (Å²) >= 11 is 0. The normalized spacial score (nSPS) is 22.7. The number of carbonyl (C=O) groups is 1. The van der Waals surface area contributed by atoms with Crippen LogP contribution in [0.3, 0.4) is 0 Å². The first-order valence-corrected chi connectivity index (χ1v) is 7.56. The molecule has 110 valence electrons. The predicted octanol–water partition coefficient (Wildman–Crippen LogP) is 4.22. The van der Waals surface area contributed by atoms with Gasteiger partial charge in [0.25, 0.3) is 0 Å². The van der Waals surface area contributed by atoms with Gasteiger partial charge in [-0.3, -0.25) is 0 Å². The van der Waals surface area contributed by atoms with E-state index in [-0.39, 0.29) is 0 Å². The smallest absolute Gasteiger partial charge is 0.336 e. The molecule has 0 spiro atoms. The standard InChI is InChI=1S/C17H24O3/c1-3-20-11-14-5-4-6-15(16(14)17(18)19)13-9-7-12(2)8-10-13/h4-6,12-13H,3,7-11H2,1-2H3,(H,18,19). The maximum Gasteiger partial charge on any atom is 0.336 e. The molecular weight excluding hydrogens is 252 g/mol. The van der Waals surface area contributed by atoms with Gasteiger partial charge >= 0.3 is 5.97 Å². The molecule has 1 aromatic rings. The molecule has 0 unspecified atom stereocenters. The van der Waals surface area contributed by atoms with E-state index in [9.17, 15) is 9.90 Å². The van der Waals surface area contributed by atoms with Crippen molar-refractivity contribution in [3.8, 4) is 0 Å². The summed E-state index contributed by atoms with van der Waals surface area (Å²) in [7, 11) is 0. The van der Waals surface area contributed by atoms with Gasteiger partial charge in [0.1, 0.15) is 0 Å². The fourth-order valence-electron chi connectivity index (χ4n) is 3.12. The molecule has 0 bridgehead atoms. The molecule has 1 aliphatic carbocycles. The molecule has 3 nitrogen and oxygen atoms in total. The predicted molar refractivity (Wildman–Crippen MR) is 79.1 cm³/mol. The summed E-state index contributed by atoms with van der Waals surface area (Å²) in [5, 5.41) is 9.57. The summed E-state index contributed by atoms with van der Waals surface area (Å²) in [5.74, 6) is 0.332. The van der Waals surface area contributed by atoms with Crippen molar-refractivity contribution in [2.24, 2.45) is 5.92 Å². The molecule has 0 saturated heterocycles. The second kappa shape index (κ2) is 6.89. The lowest BCUT2D eigenvalue weighted by Gasteiger charge is -2.28. The lowest BCUT2D eigenvalue weighted by Crippen LogP contribution is -2.16. The van der Waals surface area contributed by atoms with E-state index >= 15 is 0 Å². The summed E-state index contributed by atoms with van der Waals surface area (Å²) in [4.78, 5) is 11.7. The van der Waals surface area contributed by atoms with Gasteiger partial charge < -0.3 is 9.84 Å². The topological polar surface area (TPSA) is 46.5 Å². The maximum absolute atomic E-state index is 11.7. The highest BCUT2D eigenvalue weighted by Crippen LogP contribution is 2.37. The monoisotopic (exact) mass is 276 g/mol. The van der Waals surface area contributed by atoms with Crippen LogP contribution in [0.4, 0.5) is 0 Å². The lowest BCUT2D eigenvalue weighted by molar-refractivity contribution is 0.0686. The van der Waals surface area contributed by atoms with Crippen LogP contribution in [0.2, 0.25) is 0 Å². The van der Waals surface area contributed by atoms with Crippen molar-refractivity contribution in [1.82, 2.24) is 0 Å². The quantitative estimate of drug-likeness (QED) is 0.876. The van der Waals surface area contributed by atoms with Crippen molar-refractivity contribution in [3.05, 3.63) is 34.9 Å². The van der Waals surface area contributed by atoms with E-state index in [2.05, 4.69) is 6.92 Å². The Kier molecular flexibility index (Phi) is 5.18. The van der Waals surface area contributed by atoms with E-state index in [1.54, 1.807) is 0 Å². The summed E-state index contributed by atoms with van der Waals surface area (Å²) in [5.41, 5.74) is 2.28. The fraction of sp³-hybridized carbons (Fsp3) is 0.588. The summed E-state index contributed by atoms with van der Waals surface area (Å²) in [6.07, 6.45) is 4.58. The number of hydrogen-bond donors (Lipinski definition) is 1. The molecule has 1 aromatic carbocycles. The summed E-state index contributed by atoms with van der Waals surface area (Å²) in [6.45, 7) is 5.19. The third-order valence-corrected chi connectivity index (χ3v) is 4.31. The average Bonchev–Trinajstić information content (AvgIpc) is 2.45. The highest BCUT2D eigenvalue weighted by Gasteiger charge is 2.25. The molecule has 1 N–H and O–H groups in total. The highest BCUT2D eigenvalue weighted by molar-refractivity contribution is 5.91. The molecular formula is C17H24O3. The van der Waals surface area contributed by atoms with Crippen molar-refractivity contribution < 1.29 is 14.6 Å². The largest absolute Gasteiger partial charge is 0.478 e. The maximum atomic E-state index is 11.7. The second-order valence-corrected chi connectivity index (χ2v) is 5.78. The van der Waals surface area contributed by atoms with Gasteiger partial charge in [-0.1, -0.05) is 38.0 Å². The van der Waals surface area contributed by atoms with Crippen LogP contribution in [0, 0.1) is 5.92 Å². The van der Waals surface area contributed by atoms with Gasteiger partial charge in [0.2, 0.25) is 0 Å². The van der Waals surface area contributed by atoms with Crippen molar-refractivity contribution in [2.75, 3.05) is 6.61 Å². The van der Waals surface area contributed by atoms with Crippen molar-refractivity contribution in [2.45, 2.75) is 52.1 Å². The minimum Gasteiger partial charge on any atom is -0.478 e. The second-order valence-electron chi connectivity index (χ2n) is 5.78. The number of benzene rings is 1. The number of hydrogen-bond acceptors (Lipinski definition) is 2. The van der Waals surface area contributed by atoms with Gasteiger partial charge in [0.15, 0.2) is 0 Å². The molecule has 0 heterocycles. The molecule has 20 heavy (non-hydrogen) atoms. The fourth-order valence-corrected chi connectivity index (χ4v) is 3.12. The Balaban J connectivity index is 2.29. The van der Waals surface area contributed by atoms with E-state index < -0.39 is 5.97 Å². The SMILES string of the molecule is CCOCc1cccc(C2CCC(C)CC2)c1C(=O)O. The third kappa shape index (κ3) is 3.40. The van der Waals surface area contributed by atoms with Crippen LogP contribution >= 0.6 is 0 Å². The summed E-state index contributed by atoms with van der Waals surface area (Å²) in [6, 6.07) is 5.82. The molecule has 0 amide bonds. The number of carboxylic acid groups (broad SMARTS) is 1. The van der Waals surface area contributed by atoms with Crippen molar-refractivity contribution in [1.29, 1.82) is 0 Å². The van der Waals surface area contributed by atoms with Gasteiger partial charge in [-0.05, 0) is 42.7 Å². The zero-order valence-corrected chi connectivity index (χ0v) is 12.4.